The highest BCUT2D eigenvalue weighted by molar-refractivity contribution is 6.10. The van der Waals surface area contributed by atoms with Crippen LogP contribution in [0, 0.1) is 10.1 Å². The molecule has 0 N–H and O–H groups in total. The molecule has 3 aromatic rings. The van der Waals surface area contributed by atoms with E-state index in [9.17, 15) is 19.7 Å². The Labute approximate surface area is 135 Å². The molecule has 8 heteroatoms. The lowest BCUT2D eigenvalue weighted by atomic mass is 10.2. The lowest BCUT2D eigenvalue weighted by molar-refractivity contribution is -0.383. The molecule has 24 heavy (non-hydrogen) atoms. The molecule has 0 amide bonds. The first-order chi connectivity index (χ1) is 11.5. The van der Waals surface area contributed by atoms with Crippen molar-refractivity contribution in [1.82, 2.24) is 4.40 Å². The summed E-state index contributed by atoms with van der Waals surface area (Å²) in [6, 6.07) is 10.2. The summed E-state index contributed by atoms with van der Waals surface area (Å²) in [5.74, 6) is -1.84. The van der Waals surface area contributed by atoms with Crippen molar-refractivity contribution in [2.45, 2.75) is 0 Å². The van der Waals surface area contributed by atoms with Crippen LogP contribution in [0.25, 0.3) is 16.4 Å². The third-order valence-electron chi connectivity index (χ3n) is 3.73. The number of aromatic nitrogens is 1. The van der Waals surface area contributed by atoms with Gasteiger partial charge in [0.2, 0.25) is 0 Å². The molecule has 0 saturated heterocycles. The van der Waals surface area contributed by atoms with E-state index in [1.807, 2.05) is 0 Å². The molecule has 3 rings (SSSR count). The van der Waals surface area contributed by atoms with Crippen LogP contribution in [0.5, 0.6) is 0 Å². The Morgan fingerprint density at radius 3 is 2.29 bits per heavy atom. The topological polar surface area (TPSA) is 100 Å². The van der Waals surface area contributed by atoms with Gasteiger partial charge in [-0.05, 0) is 17.5 Å². The van der Waals surface area contributed by atoms with Crippen molar-refractivity contribution in [2.24, 2.45) is 0 Å². The van der Waals surface area contributed by atoms with Crippen LogP contribution < -0.4 is 0 Å². The summed E-state index contributed by atoms with van der Waals surface area (Å²) in [5.41, 5.74) is -0.505. The predicted molar refractivity (Wildman–Crippen MR) is 84.2 cm³/mol. The SMILES string of the molecule is COC(=O)c1c([N+](=O)[O-])c2ccc3ccccc3n2c1C(=O)OC. The Morgan fingerprint density at radius 2 is 1.67 bits per heavy atom. The minimum Gasteiger partial charge on any atom is -0.465 e. The van der Waals surface area contributed by atoms with E-state index >= 15 is 0 Å². The van der Waals surface area contributed by atoms with E-state index in [0.29, 0.717) is 5.52 Å². The van der Waals surface area contributed by atoms with Gasteiger partial charge in [0.25, 0.3) is 0 Å². The van der Waals surface area contributed by atoms with Crippen LogP contribution in [-0.4, -0.2) is 35.5 Å². The number of ether oxygens (including phenoxy) is 2. The first kappa shape index (κ1) is 15.5. The number of esters is 2. The number of para-hydroxylation sites is 1. The number of benzene rings is 1. The second kappa shape index (κ2) is 5.65. The average Bonchev–Trinajstić information content (AvgIpc) is 2.96. The molecule has 0 fully saturated rings. The number of hydrogen-bond acceptors (Lipinski definition) is 6. The van der Waals surface area contributed by atoms with Crippen molar-refractivity contribution in [1.29, 1.82) is 0 Å². The summed E-state index contributed by atoms with van der Waals surface area (Å²) < 4.78 is 10.7. The monoisotopic (exact) mass is 328 g/mol. The van der Waals surface area contributed by atoms with E-state index in [2.05, 4.69) is 4.74 Å². The van der Waals surface area contributed by atoms with Gasteiger partial charge < -0.3 is 9.47 Å². The maximum Gasteiger partial charge on any atom is 0.356 e. The quantitative estimate of drug-likeness (QED) is 0.416. The maximum absolute atomic E-state index is 12.3. The highest BCUT2D eigenvalue weighted by Gasteiger charge is 2.36. The van der Waals surface area contributed by atoms with Crippen LogP contribution in [0.15, 0.2) is 36.4 Å². The van der Waals surface area contributed by atoms with Gasteiger partial charge in [0, 0.05) is 0 Å². The Kier molecular flexibility index (Phi) is 3.64. The number of pyridine rings is 1. The van der Waals surface area contributed by atoms with Crippen LogP contribution in [0.3, 0.4) is 0 Å². The highest BCUT2D eigenvalue weighted by atomic mass is 16.6. The van der Waals surface area contributed by atoms with Crippen molar-refractivity contribution >= 4 is 34.0 Å². The number of nitro groups is 1. The number of carbonyl (C=O) groups excluding carboxylic acids is 2. The molecule has 0 saturated carbocycles. The van der Waals surface area contributed by atoms with E-state index in [-0.39, 0.29) is 11.2 Å². The molecular formula is C16H12N2O6. The van der Waals surface area contributed by atoms with E-state index in [0.717, 1.165) is 19.6 Å². The first-order valence-corrected chi connectivity index (χ1v) is 6.88. The number of rotatable bonds is 3. The molecule has 0 bridgehead atoms. The van der Waals surface area contributed by atoms with Crippen LogP contribution in [0.2, 0.25) is 0 Å². The van der Waals surface area contributed by atoms with Crippen LogP contribution in [0.1, 0.15) is 20.8 Å². The fourth-order valence-corrected chi connectivity index (χ4v) is 2.75. The van der Waals surface area contributed by atoms with Gasteiger partial charge >= 0.3 is 17.6 Å². The fraction of sp³-hybridized carbons (Fsp3) is 0.125. The van der Waals surface area contributed by atoms with E-state index < -0.39 is 28.1 Å². The molecular weight excluding hydrogens is 316 g/mol. The number of nitrogens with zero attached hydrogens (tertiary/aromatic N) is 2. The maximum atomic E-state index is 12.3. The molecule has 0 aliphatic carbocycles. The van der Waals surface area contributed by atoms with Crippen molar-refractivity contribution < 1.29 is 24.0 Å². The molecule has 0 spiro atoms. The van der Waals surface area contributed by atoms with Crippen molar-refractivity contribution in [3.63, 3.8) is 0 Å². The van der Waals surface area contributed by atoms with Gasteiger partial charge in [-0.15, -0.1) is 0 Å². The van der Waals surface area contributed by atoms with Crippen molar-refractivity contribution in [2.75, 3.05) is 14.2 Å². The zero-order valence-corrected chi connectivity index (χ0v) is 12.8. The van der Waals surface area contributed by atoms with Crippen LogP contribution in [0.4, 0.5) is 5.69 Å². The van der Waals surface area contributed by atoms with Gasteiger partial charge in [-0.25, -0.2) is 9.59 Å². The first-order valence-electron chi connectivity index (χ1n) is 6.88. The number of fused-ring (bicyclic) bond motifs is 3. The minimum absolute atomic E-state index is 0.111. The summed E-state index contributed by atoms with van der Waals surface area (Å²) in [4.78, 5) is 35.3. The summed E-state index contributed by atoms with van der Waals surface area (Å²) in [6.45, 7) is 0. The van der Waals surface area contributed by atoms with E-state index in [1.165, 1.54) is 10.5 Å². The summed E-state index contributed by atoms with van der Waals surface area (Å²) in [6.07, 6.45) is 0. The number of hydrogen-bond donors (Lipinski definition) is 0. The van der Waals surface area contributed by atoms with Crippen LogP contribution >= 0.6 is 0 Å². The second-order valence-electron chi connectivity index (χ2n) is 4.93. The highest BCUT2D eigenvalue weighted by Crippen LogP contribution is 2.34. The zero-order chi connectivity index (χ0) is 17.4. The molecule has 0 radical (unpaired) electrons. The lowest BCUT2D eigenvalue weighted by Crippen LogP contribution is -2.13. The summed E-state index contributed by atoms with van der Waals surface area (Å²) in [7, 11) is 2.23. The third-order valence-corrected chi connectivity index (χ3v) is 3.73. The lowest BCUT2D eigenvalue weighted by Gasteiger charge is -2.06. The molecule has 1 aromatic carbocycles. The predicted octanol–water partition coefficient (Wildman–Crippen LogP) is 2.57. The van der Waals surface area contributed by atoms with Gasteiger partial charge in [0.1, 0.15) is 5.52 Å². The summed E-state index contributed by atoms with van der Waals surface area (Å²) >= 11 is 0. The van der Waals surface area contributed by atoms with Crippen LogP contribution in [-0.2, 0) is 9.47 Å². The molecule has 8 nitrogen and oxygen atoms in total. The van der Waals surface area contributed by atoms with Gasteiger partial charge in [-0.1, -0.05) is 24.3 Å². The van der Waals surface area contributed by atoms with Gasteiger partial charge in [-0.2, -0.15) is 0 Å². The Hall–Kier alpha value is -3.42. The molecule has 0 aliphatic rings. The fourth-order valence-electron chi connectivity index (χ4n) is 2.75. The van der Waals surface area contributed by atoms with E-state index in [4.69, 9.17) is 4.74 Å². The minimum atomic E-state index is -0.977. The average molecular weight is 328 g/mol. The molecule has 0 aliphatic heterocycles. The number of carbonyl (C=O) groups is 2. The van der Waals surface area contributed by atoms with Crippen molar-refractivity contribution in [3.8, 4) is 0 Å². The Bertz CT molecular complexity index is 1000. The molecule has 122 valence electrons. The Morgan fingerprint density at radius 1 is 1.00 bits per heavy atom. The zero-order valence-electron chi connectivity index (χ0n) is 12.8. The van der Waals surface area contributed by atoms with Crippen molar-refractivity contribution in [3.05, 3.63) is 57.8 Å². The second-order valence-corrected chi connectivity index (χ2v) is 4.93. The number of methoxy groups -OCH3 is 2. The van der Waals surface area contributed by atoms with Gasteiger partial charge in [0.15, 0.2) is 11.3 Å². The third kappa shape index (κ3) is 2.08. The standard InChI is InChI=1S/C16H12N2O6/c1-23-15(19)12-13(18(21)22)11-8-7-9-5-3-4-6-10(9)17(11)14(12)16(20)24-2/h3-8H,1-2H3. The van der Waals surface area contributed by atoms with Gasteiger partial charge in [-0.3, -0.25) is 14.5 Å². The van der Waals surface area contributed by atoms with Gasteiger partial charge in [0.05, 0.1) is 24.7 Å². The largest absolute Gasteiger partial charge is 0.465 e. The Balaban J connectivity index is 2.62. The van der Waals surface area contributed by atoms with E-state index in [1.54, 1.807) is 30.3 Å². The molecule has 0 atom stereocenters. The molecule has 2 heterocycles. The molecule has 0 unspecified atom stereocenters. The smallest absolute Gasteiger partial charge is 0.356 e. The normalized spacial score (nSPS) is 10.8. The summed E-state index contributed by atoms with van der Waals surface area (Å²) in [5, 5.41) is 12.3. The molecule has 2 aromatic heterocycles.